The highest BCUT2D eigenvalue weighted by atomic mass is 15.1. The summed E-state index contributed by atoms with van der Waals surface area (Å²) in [6.45, 7) is 2.10. The normalized spacial score (nSPS) is 10.4. The van der Waals surface area contributed by atoms with Crippen molar-refractivity contribution >= 4 is 11.5 Å². The van der Waals surface area contributed by atoms with Crippen LogP contribution in [0.3, 0.4) is 0 Å². The van der Waals surface area contributed by atoms with E-state index in [9.17, 15) is 0 Å². The van der Waals surface area contributed by atoms with Gasteiger partial charge in [0.1, 0.15) is 5.82 Å². The van der Waals surface area contributed by atoms with Crippen LogP contribution in [-0.4, -0.2) is 24.3 Å². The Morgan fingerprint density at radius 2 is 2.06 bits per heavy atom. The Balaban J connectivity index is 2.52. The molecule has 0 saturated heterocycles. The fourth-order valence-corrected chi connectivity index (χ4v) is 1.78. The van der Waals surface area contributed by atoms with E-state index in [0.29, 0.717) is 5.82 Å². The molecule has 0 amide bonds. The topological polar surface area (TPSA) is 57.9 Å². The highest BCUT2D eigenvalue weighted by Crippen LogP contribution is 2.29. The van der Waals surface area contributed by atoms with Crippen molar-refractivity contribution in [3.8, 4) is 11.1 Å². The lowest BCUT2D eigenvalue weighted by Gasteiger charge is -2.16. The minimum atomic E-state index is 0.605. The third-order valence-electron chi connectivity index (χ3n) is 2.67. The Morgan fingerprint density at radius 1 is 1.31 bits per heavy atom. The van der Waals surface area contributed by atoms with Gasteiger partial charge in [0.25, 0.3) is 0 Å². The van der Waals surface area contributed by atoms with E-state index >= 15 is 0 Å². The van der Waals surface area contributed by atoms with Crippen LogP contribution < -0.4 is 10.6 Å². The van der Waals surface area contributed by atoms with Crippen molar-refractivity contribution < 1.29 is 0 Å². The quantitative estimate of drug-likeness (QED) is 0.807. The van der Waals surface area contributed by atoms with E-state index in [2.05, 4.69) is 40.2 Å². The minimum Gasteiger partial charge on any atom is -0.384 e. The number of rotatable bonds is 2. The van der Waals surface area contributed by atoms with Gasteiger partial charge < -0.3 is 10.6 Å². The molecule has 0 bridgehead atoms. The molecule has 0 radical (unpaired) electrons. The maximum absolute atomic E-state index is 5.81. The van der Waals surface area contributed by atoms with Crippen LogP contribution in [0, 0.1) is 6.92 Å². The standard InChI is InChI=1S/C12H16N4/c1-8-4-5-9(6-11(8)16(2)3)10-7-14-15-12(10)13/h4-7H,1-3H3,(H3,13,14,15). The third-order valence-corrected chi connectivity index (χ3v) is 2.67. The molecule has 4 heteroatoms. The zero-order valence-corrected chi connectivity index (χ0v) is 9.78. The summed E-state index contributed by atoms with van der Waals surface area (Å²) in [5.74, 6) is 0.605. The van der Waals surface area contributed by atoms with Gasteiger partial charge in [0, 0.05) is 25.3 Å². The Hall–Kier alpha value is -1.97. The molecule has 4 nitrogen and oxygen atoms in total. The molecule has 0 aliphatic rings. The lowest BCUT2D eigenvalue weighted by molar-refractivity contribution is 1.10. The maximum Gasteiger partial charge on any atom is 0.126 e. The number of aryl methyl sites for hydroxylation is 1. The predicted octanol–water partition coefficient (Wildman–Crippen LogP) is 2.03. The largest absolute Gasteiger partial charge is 0.384 e. The average molecular weight is 216 g/mol. The maximum atomic E-state index is 5.81. The smallest absolute Gasteiger partial charge is 0.126 e. The number of nitrogens with zero attached hydrogens (tertiary/aromatic N) is 2. The predicted molar refractivity (Wildman–Crippen MR) is 67.5 cm³/mol. The Bertz CT molecular complexity index is 499. The van der Waals surface area contributed by atoms with Crippen molar-refractivity contribution in [2.45, 2.75) is 6.92 Å². The van der Waals surface area contributed by atoms with E-state index in [0.717, 1.165) is 11.1 Å². The highest BCUT2D eigenvalue weighted by Gasteiger charge is 2.07. The molecule has 2 rings (SSSR count). The molecule has 0 atom stereocenters. The summed E-state index contributed by atoms with van der Waals surface area (Å²) < 4.78 is 0. The number of H-pyrrole nitrogens is 1. The van der Waals surface area contributed by atoms with E-state index in [1.165, 1.54) is 11.3 Å². The fourth-order valence-electron chi connectivity index (χ4n) is 1.78. The lowest BCUT2D eigenvalue weighted by atomic mass is 10.0. The Kier molecular flexibility index (Phi) is 2.56. The summed E-state index contributed by atoms with van der Waals surface area (Å²) in [6.07, 6.45) is 1.75. The van der Waals surface area contributed by atoms with Gasteiger partial charge in [-0.1, -0.05) is 12.1 Å². The zero-order valence-electron chi connectivity index (χ0n) is 9.78. The molecule has 0 aliphatic heterocycles. The van der Waals surface area contributed by atoms with Crippen LogP contribution in [0.1, 0.15) is 5.56 Å². The van der Waals surface area contributed by atoms with Crippen molar-refractivity contribution in [1.29, 1.82) is 0 Å². The van der Waals surface area contributed by atoms with Gasteiger partial charge in [-0.15, -0.1) is 0 Å². The van der Waals surface area contributed by atoms with Crippen LogP contribution in [-0.2, 0) is 0 Å². The van der Waals surface area contributed by atoms with Crippen molar-refractivity contribution in [3.05, 3.63) is 30.0 Å². The number of aromatic nitrogens is 2. The summed E-state index contributed by atoms with van der Waals surface area (Å²) in [4.78, 5) is 2.09. The molecule has 1 aromatic heterocycles. The molecule has 0 saturated carbocycles. The summed E-state index contributed by atoms with van der Waals surface area (Å²) in [5.41, 5.74) is 10.3. The summed E-state index contributed by atoms with van der Waals surface area (Å²) >= 11 is 0. The number of hydrogen-bond donors (Lipinski definition) is 2. The van der Waals surface area contributed by atoms with Gasteiger partial charge in [-0.2, -0.15) is 5.10 Å². The molecule has 1 aromatic carbocycles. The Labute approximate surface area is 95.1 Å². The Morgan fingerprint density at radius 3 is 2.62 bits per heavy atom. The number of benzene rings is 1. The van der Waals surface area contributed by atoms with Crippen LogP contribution in [0.25, 0.3) is 11.1 Å². The molecule has 0 fully saturated rings. The highest BCUT2D eigenvalue weighted by molar-refractivity contribution is 5.76. The molecule has 2 aromatic rings. The molecule has 0 aliphatic carbocycles. The molecule has 3 N–H and O–H groups in total. The molecule has 16 heavy (non-hydrogen) atoms. The van der Waals surface area contributed by atoms with Gasteiger partial charge in [-0.3, -0.25) is 5.10 Å². The van der Waals surface area contributed by atoms with E-state index in [1.54, 1.807) is 6.20 Å². The van der Waals surface area contributed by atoms with E-state index in [4.69, 9.17) is 5.73 Å². The van der Waals surface area contributed by atoms with Gasteiger partial charge in [-0.25, -0.2) is 0 Å². The monoisotopic (exact) mass is 216 g/mol. The second-order valence-corrected chi connectivity index (χ2v) is 4.09. The zero-order chi connectivity index (χ0) is 11.7. The lowest BCUT2D eigenvalue weighted by Crippen LogP contribution is -2.10. The molecule has 1 heterocycles. The van der Waals surface area contributed by atoms with Crippen molar-refractivity contribution in [2.75, 3.05) is 24.7 Å². The first-order valence-electron chi connectivity index (χ1n) is 5.17. The minimum absolute atomic E-state index is 0.605. The summed E-state index contributed by atoms with van der Waals surface area (Å²) in [7, 11) is 4.07. The van der Waals surface area contributed by atoms with E-state index in [1.807, 2.05) is 14.1 Å². The second-order valence-electron chi connectivity index (χ2n) is 4.09. The number of nitrogens with one attached hydrogen (secondary N) is 1. The summed E-state index contributed by atoms with van der Waals surface area (Å²) in [6, 6.07) is 6.28. The molecular formula is C12H16N4. The number of nitrogens with two attached hydrogens (primary N) is 1. The second kappa shape index (κ2) is 3.89. The van der Waals surface area contributed by atoms with Crippen LogP contribution in [0.4, 0.5) is 11.5 Å². The number of hydrogen-bond acceptors (Lipinski definition) is 3. The number of nitrogen functional groups attached to an aromatic ring is 1. The first-order valence-corrected chi connectivity index (χ1v) is 5.17. The molecule has 0 spiro atoms. The SMILES string of the molecule is Cc1ccc(-c2cn[nH]c2N)cc1N(C)C. The van der Waals surface area contributed by atoms with Crippen molar-refractivity contribution in [2.24, 2.45) is 0 Å². The number of anilines is 2. The van der Waals surface area contributed by atoms with Crippen molar-refractivity contribution in [3.63, 3.8) is 0 Å². The number of aromatic amines is 1. The fraction of sp³-hybridized carbons (Fsp3) is 0.250. The van der Waals surface area contributed by atoms with Crippen LogP contribution in [0.15, 0.2) is 24.4 Å². The third kappa shape index (κ3) is 1.74. The first kappa shape index (κ1) is 10.5. The van der Waals surface area contributed by atoms with Gasteiger partial charge in [0.15, 0.2) is 0 Å². The van der Waals surface area contributed by atoms with E-state index in [-0.39, 0.29) is 0 Å². The molecular weight excluding hydrogens is 200 g/mol. The van der Waals surface area contributed by atoms with Gasteiger partial charge >= 0.3 is 0 Å². The van der Waals surface area contributed by atoms with Crippen LogP contribution in [0.2, 0.25) is 0 Å². The van der Waals surface area contributed by atoms with E-state index < -0.39 is 0 Å². The van der Waals surface area contributed by atoms with Gasteiger partial charge in [-0.05, 0) is 24.1 Å². The van der Waals surface area contributed by atoms with Gasteiger partial charge in [0.05, 0.1) is 6.20 Å². The van der Waals surface area contributed by atoms with Crippen LogP contribution in [0.5, 0.6) is 0 Å². The van der Waals surface area contributed by atoms with Crippen molar-refractivity contribution in [1.82, 2.24) is 10.2 Å². The molecule has 84 valence electrons. The van der Waals surface area contributed by atoms with Gasteiger partial charge in [0.2, 0.25) is 0 Å². The average Bonchev–Trinajstić information content (AvgIpc) is 2.65. The van der Waals surface area contributed by atoms with Crippen LogP contribution >= 0.6 is 0 Å². The first-order chi connectivity index (χ1) is 7.59. The summed E-state index contributed by atoms with van der Waals surface area (Å²) in [5, 5.41) is 6.68. The molecule has 0 unspecified atom stereocenters.